The summed E-state index contributed by atoms with van der Waals surface area (Å²) in [5.41, 5.74) is 1.40. The van der Waals surface area contributed by atoms with Gasteiger partial charge < -0.3 is 9.26 Å². The molecule has 1 aromatic heterocycles. The van der Waals surface area contributed by atoms with E-state index in [1.807, 2.05) is 0 Å². The van der Waals surface area contributed by atoms with Crippen LogP contribution in [0.5, 0.6) is 0 Å². The average Bonchev–Trinajstić information content (AvgIpc) is 2.84. The maximum absolute atomic E-state index is 11.4. The summed E-state index contributed by atoms with van der Waals surface area (Å²) in [4.78, 5) is 15.7. The van der Waals surface area contributed by atoms with Crippen molar-refractivity contribution in [3.8, 4) is 11.4 Å². The lowest BCUT2D eigenvalue weighted by molar-refractivity contribution is 0.0601. The van der Waals surface area contributed by atoms with Gasteiger partial charge in [0.15, 0.2) is 0 Å². The molecule has 1 aromatic carbocycles. The van der Waals surface area contributed by atoms with Crippen LogP contribution in [0.4, 0.5) is 0 Å². The lowest BCUT2D eigenvalue weighted by Gasteiger charge is -2.13. The molecule has 5 heteroatoms. The fourth-order valence-electron chi connectivity index (χ4n) is 1.77. The molecule has 0 saturated heterocycles. The molecule has 106 valence electrons. The van der Waals surface area contributed by atoms with Crippen molar-refractivity contribution in [2.24, 2.45) is 5.41 Å². The van der Waals surface area contributed by atoms with Gasteiger partial charge in [-0.25, -0.2) is 4.79 Å². The van der Waals surface area contributed by atoms with E-state index in [4.69, 9.17) is 4.52 Å². The molecule has 0 aliphatic carbocycles. The van der Waals surface area contributed by atoms with Gasteiger partial charge >= 0.3 is 5.97 Å². The third kappa shape index (κ3) is 3.44. The highest BCUT2D eigenvalue weighted by Crippen LogP contribution is 2.22. The number of rotatable bonds is 3. The molecule has 0 aliphatic rings. The van der Waals surface area contributed by atoms with Crippen molar-refractivity contribution in [3.63, 3.8) is 0 Å². The van der Waals surface area contributed by atoms with Crippen LogP contribution in [0.2, 0.25) is 0 Å². The summed E-state index contributed by atoms with van der Waals surface area (Å²) in [7, 11) is 1.36. The molecule has 0 fully saturated rings. The highest BCUT2D eigenvalue weighted by Gasteiger charge is 2.17. The third-order valence-corrected chi connectivity index (χ3v) is 2.71. The van der Waals surface area contributed by atoms with Crippen molar-refractivity contribution >= 4 is 5.97 Å². The van der Waals surface area contributed by atoms with E-state index in [-0.39, 0.29) is 11.4 Å². The van der Waals surface area contributed by atoms with Gasteiger partial charge in [-0.15, -0.1) is 0 Å². The molecule has 20 heavy (non-hydrogen) atoms. The Kier molecular flexibility index (Phi) is 3.88. The topological polar surface area (TPSA) is 65.2 Å². The number of ether oxygens (including phenoxy) is 1. The first-order valence-corrected chi connectivity index (χ1v) is 6.40. The monoisotopic (exact) mass is 274 g/mol. The van der Waals surface area contributed by atoms with Crippen LogP contribution < -0.4 is 0 Å². The number of benzene rings is 1. The van der Waals surface area contributed by atoms with Gasteiger partial charge in [-0.2, -0.15) is 4.98 Å². The molecule has 0 bridgehead atoms. The van der Waals surface area contributed by atoms with Crippen molar-refractivity contribution in [3.05, 3.63) is 35.7 Å². The number of hydrogen-bond acceptors (Lipinski definition) is 5. The minimum atomic E-state index is -0.363. The highest BCUT2D eigenvalue weighted by atomic mass is 16.5. The Morgan fingerprint density at radius 2 is 1.90 bits per heavy atom. The van der Waals surface area contributed by atoms with Crippen molar-refractivity contribution in [1.29, 1.82) is 0 Å². The SMILES string of the molecule is COC(=O)c1ccc(-c2noc(CC(C)(C)C)n2)cc1. The van der Waals surface area contributed by atoms with Crippen LogP contribution in [0.15, 0.2) is 28.8 Å². The van der Waals surface area contributed by atoms with E-state index in [0.29, 0.717) is 17.3 Å². The number of carbonyl (C=O) groups excluding carboxylic acids is 1. The minimum Gasteiger partial charge on any atom is -0.465 e. The minimum absolute atomic E-state index is 0.0958. The Morgan fingerprint density at radius 1 is 1.25 bits per heavy atom. The van der Waals surface area contributed by atoms with Gasteiger partial charge in [0.05, 0.1) is 12.7 Å². The first-order valence-electron chi connectivity index (χ1n) is 6.40. The molecule has 0 saturated carbocycles. The van der Waals surface area contributed by atoms with E-state index in [1.165, 1.54) is 7.11 Å². The van der Waals surface area contributed by atoms with Crippen LogP contribution in [0.3, 0.4) is 0 Å². The summed E-state index contributed by atoms with van der Waals surface area (Å²) in [5.74, 6) is 0.781. The summed E-state index contributed by atoms with van der Waals surface area (Å²) in [6.07, 6.45) is 0.722. The van der Waals surface area contributed by atoms with Crippen LogP contribution in [0, 0.1) is 5.41 Å². The summed E-state index contributed by atoms with van der Waals surface area (Å²) >= 11 is 0. The zero-order valence-corrected chi connectivity index (χ0v) is 12.1. The summed E-state index contributed by atoms with van der Waals surface area (Å²) in [5, 5.41) is 3.96. The summed E-state index contributed by atoms with van der Waals surface area (Å²) in [6.45, 7) is 6.34. The van der Waals surface area contributed by atoms with E-state index >= 15 is 0 Å². The lowest BCUT2D eigenvalue weighted by atomic mass is 9.92. The van der Waals surface area contributed by atoms with E-state index < -0.39 is 0 Å². The molecule has 0 aliphatic heterocycles. The third-order valence-electron chi connectivity index (χ3n) is 2.71. The molecule has 0 atom stereocenters. The van der Waals surface area contributed by atoms with Crippen LogP contribution >= 0.6 is 0 Å². The number of methoxy groups -OCH3 is 1. The normalized spacial score (nSPS) is 11.4. The largest absolute Gasteiger partial charge is 0.465 e. The molecule has 1 heterocycles. The van der Waals surface area contributed by atoms with Crippen LogP contribution in [0.25, 0.3) is 11.4 Å². The van der Waals surface area contributed by atoms with Crippen molar-refractivity contribution in [1.82, 2.24) is 10.1 Å². The fourth-order valence-corrected chi connectivity index (χ4v) is 1.77. The van der Waals surface area contributed by atoms with E-state index in [1.54, 1.807) is 24.3 Å². The van der Waals surface area contributed by atoms with Crippen LogP contribution in [-0.2, 0) is 11.2 Å². The van der Waals surface area contributed by atoms with Gasteiger partial charge in [-0.05, 0) is 17.5 Å². The maximum Gasteiger partial charge on any atom is 0.337 e. The number of carbonyl (C=O) groups is 1. The summed E-state index contributed by atoms with van der Waals surface area (Å²) < 4.78 is 9.89. The van der Waals surface area contributed by atoms with Crippen LogP contribution in [-0.4, -0.2) is 23.2 Å². The molecule has 2 rings (SSSR count). The Labute approximate surface area is 118 Å². The number of esters is 1. The average molecular weight is 274 g/mol. The van der Waals surface area contributed by atoms with Gasteiger partial charge in [0.25, 0.3) is 0 Å². The smallest absolute Gasteiger partial charge is 0.337 e. The first-order chi connectivity index (χ1) is 9.39. The zero-order chi connectivity index (χ0) is 14.8. The molecule has 0 N–H and O–H groups in total. The summed E-state index contributed by atoms with van der Waals surface area (Å²) in [6, 6.07) is 6.91. The Bertz CT molecular complexity index is 594. The molecule has 0 spiro atoms. The standard InChI is InChI=1S/C15H18N2O3/c1-15(2,3)9-12-16-13(17-20-12)10-5-7-11(8-6-10)14(18)19-4/h5-8H,9H2,1-4H3. The maximum atomic E-state index is 11.4. The Balaban J connectivity index is 2.18. The second-order valence-corrected chi connectivity index (χ2v) is 5.82. The van der Waals surface area contributed by atoms with Crippen LogP contribution in [0.1, 0.15) is 37.0 Å². The van der Waals surface area contributed by atoms with E-state index in [2.05, 4.69) is 35.6 Å². The Morgan fingerprint density at radius 3 is 2.45 bits per heavy atom. The van der Waals surface area contributed by atoms with Crippen molar-refractivity contribution in [2.75, 3.05) is 7.11 Å². The molecule has 0 amide bonds. The second-order valence-electron chi connectivity index (χ2n) is 5.82. The quantitative estimate of drug-likeness (QED) is 0.804. The Hall–Kier alpha value is -2.17. The molecule has 0 unspecified atom stereocenters. The predicted molar refractivity (Wildman–Crippen MR) is 74.2 cm³/mol. The van der Waals surface area contributed by atoms with Gasteiger partial charge in [-0.3, -0.25) is 0 Å². The van der Waals surface area contributed by atoms with Gasteiger partial charge in [0.2, 0.25) is 11.7 Å². The highest BCUT2D eigenvalue weighted by molar-refractivity contribution is 5.89. The molecule has 0 radical (unpaired) electrons. The molecule has 5 nitrogen and oxygen atoms in total. The lowest BCUT2D eigenvalue weighted by Crippen LogP contribution is -2.09. The number of hydrogen-bond donors (Lipinski definition) is 0. The molecular weight excluding hydrogens is 256 g/mol. The van der Waals surface area contributed by atoms with E-state index in [0.717, 1.165) is 12.0 Å². The number of aromatic nitrogens is 2. The number of nitrogens with zero attached hydrogens (tertiary/aromatic N) is 2. The molecular formula is C15H18N2O3. The van der Waals surface area contributed by atoms with Crippen molar-refractivity contribution < 1.29 is 14.1 Å². The van der Waals surface area contributed by atoms with E-state index in [9.17, 15) is 4.79 Å². The second kappa shape index (κ2) is 5.45. The molecule has 2 aromatic rings. The van der Waals surface area contributed by atoms with Gasteiger partial charge in [-0.1, -0.05) is 38.1 Å². The van der Waals surface area contributed by atoms with Crippen molar-refractivity contribution in [2.45, 2.75) is 27.2 Å². The van der Waals surface area contributed by atoms with Gasteiger partial charge in [0, 0.05) is 12.0 Å². The fraction of sp³-hybridized carbons (Fsp3) is 0.400. The van der Waals surface area contributed by atoms with Gasteiger partial charge in [0.1, 0.15) is 0 Å². The first kappa shape index (κ1) is 14.2. The zero-order valence-electron chi connectivity index (χ0n) is 12.1. The predicted octanol–water partition coefficient (Wildman–Crippen LogP) is 3.11.